The molecule has 1 aliphatic rings. The van der Waals surface area contributed by atoms with E-state index < -0.39 is 0 Å². The second kappa shape index (κ2) is 7.54. The minimum atomic E-state index is 0.599. The van der Waals surface area contributed by atoms with Gasteiger partial charge in [-0.2, -0.15) is 5.10 Å². The van der Waals surface area contributed by atoms with Crippen LogP contribution in [0.4, 0.5) is 5.69 Å². The highest BCUT2D eigenvalue weighted by Crippen LogP contribution is 2.18. The predicted molar refractivity (Wildman–Crippen MR) is 102 cm³/mol. The number of benzene rings is 2. The Kier molecular flexibility index (Phi) is 4.80. The van der Waals surface area contributed by atoms with Gasteiger partial charge >= 0.3 is 0 Å². The van der Waals surface area contributed by atoms with Crippen molar-refractivity contribution < 1.29 is 4.79 Å². The van der Waals surface area contributed by atoms with Crippen molar-refractivity contribution in [1.29, 1.82) is 0 Å². The number of aromatic nitrogens is 2. The molecule has 0 bridgehead atoms. The van der Waals surface area contributed by atoms with Gasteiger partial charge in [-0.15, -0.1) is 0 Å². The summed E-state index contributed by atoms with van der Waals surface area (Å²) in [4.78, 5) is 15.5. The fourth-order valence-corrected chi connectivity index (χ4v) is 3.39. The van der Waals surface area contributed by atoms with Crippen LogP contribution in [0.1, 0.15) is 11.3 Å². The average molecular weight is 345 g/mol. The minimum Gasteiger partial charge on any atom is -0.369 e. The molecule has 5 heteroatoms. The van der Waals surface area contributed by atoms with Crippen molar-refractivity contribution in [2.75, 3.05) is 31.1 Å². The monoisotopic (exact) mass is 345 g/mol. The Labute approximate surface area is 153 Å². The summed E-state index contributed by atoms with van der Waals surface area (Å²) in [5.74, 6) is 0. The van der Waals surface area contributed by atoms with E-state index in [1.54, 1.807) is 0 Å². The van der Waals surface area contributed by atoms with E-state index in [2.05, 4.69) is 33.1 Å². The summed E-state index contributed by atoms with van der Waals surface area (Å²) < 4.78 is 2.01. The maximum Gasteiger partial charge on any atom is 0.233 e. The smallest absolute Gasteiger partial charge is 0.233 e. The van der Waals surface area contributed by atoms with Crippen LogP contribution < -0.4 is 4.90 Å². The molecule has 0 unspecified atom stereocenters. The highest BCUT2D eigenvalue weighted by molar-refractivity contribution is 5.76. The van der Waals surface area contributed by atoms with E-state index in [9.17, 15) is 4.79 Å². The van der Waals surface area contributed by atoms with Gasteiger partial charge in [0.1, 0.15) is 0 Å². The normalized spacial score (nSPS) is 15.2. The van der Waals surface area contributed by atoms with Crippen molar-refractivity contribution in [3.8, 4) is 5.69 Å². The number of para-hydroxylation sites is 1. The van der Waals surface area contributed by atoms with Crippen LogP contribution >= 0.6 is 0 Å². The van der Waals surface area contributed by atoms with Crippen molar-refractivity contribution >= 4 is 12.0 Å². The van der Waals surface area contributed by atoms with Crippen LogP contribution in [0.2, 0.25) is 0 Å². The van der Waals surface area contributed by atoms with Crippen LogP contribution in [0.3, 0.4) is 0 Å². The molecular weight excluding hydrogens is 324 g/mol. The lowest BCUT2D eigenvalue weighted by Gasteiger charge is -2.36. The van der Waals surface area contributed by atoms with E-state index in [0.717, 1.165) is 44.1 Å². The molecule has 26 heavy (non-hydrogen) atoms. The van der Waals surface area contributed by atoms with E-state index in [1.807, 2.05) is 59.6 Å². The lowest BCUT2D eigenvalue weighted by atomic mass is 10.2. The quantitative estimate of drug-likeness (QED) is 0.713. The molecule has 1 saturated heterocycles. The lowest BCUT2D eigenvalue weighted by molar-refractivity contribution is 0.245. The van der Waals surface area contributed by atoms with E-state index in [4.69, 9.17) is 0 Å². The topological polar surface area (TPSA) is 41.4 Å². The number of rotatable bonds is 5. The van der Waals surface area contributed by atoms with Gasteiger partial charge in [0, 0.05) is 50.2 Å². The summed E-state index contributed by atoms with van der Waals surface area (Å²) in [5.41, 5.74) is 4.06. The molecule has 2 aromatic carbocycles. The summed E-state index contributed by atoms with van der Waals surface area (Å²) >= 11 is 0. The Hall–Kier alpha value is -2.92. The molecule has 0 aliphatic carbocycles. The van der Waals surface area contributed by atoms with Crippen molar-refractivity contribution in [2.24, 2.45) is 0 Å². The van der Waals surface area contributed by atoms with Gasteiger partial charge < -0.3 is 4.90 Å². The molecule has 1 fully saturated rings. The van der Waals surface area contributed by atoms with Crippen LogP contribution in [0.15, 0.2) is 66.9 Å². The third kappa shape index (κ3) is 3.53. The molecule has 3 aromatic rings. The molecule has 0 saturated carbocycles. The second-order valence-electron chi connectivity index (χ2n) is 6.48. The molecule has 4 rings (SSSR count). The minimum absolute atomic E-state index is 0.599. The molecule has 1 aromatic heterocycles. The van der Waals surface area contributed by atoms with Crippen molar-refractivity contribution in [1.82, 2.24) is 14.7 Å². The summed E-state index contributed by atoms with van der Waals surface area (Å²) in [5, 5.41) is 4.48. The average Bonchev–Trinajstić information content (AvgIpc) is 3.17. The first-order valence-electron chi connectivity index (χ1n) is 8.87. The first-order chi connectivity index (χ1) is 12.8. The van der Waals surface area contributed by atoms with E-state index >= 15 is 0 Å². The maximum atomic E-state index is 10.7. The second-order valence-corrected chi connectivity index (χ2v) is 6.48. The lowest BCUT2D eigenvalue weighted by Crippen LogP contribution is -2.46. The van der Waals surface area contributed by atoms with Gasteiger partial charge in [0.2, 0.25) is 6.29 Å². The number of nitrogens with zero attached hydrogens (tertiary/aromatic N) is 4. The Balaban J connectivity index is 1.39. The van der Waals surface area contributed by atoms with Gasteiger partial charge in [0.15, 0.2) is 0 Å². The molecule has 2 heterocycles. The van der Waals surface area contributed by atoms with E-state index in [-0.39, 0.29) is 0 Å². The molecule has 1 radical (unpaired) electrons. The first kappa shape index (κ1) is 16.5. The Morgan fingerprint density at radius 1 is 0.846 bits per heavy atom. The Morgan fingerprint density at radius 2 is 1.58 bits per heavy atom. The van der Waals surface area contributed by atoms with Crippen molar-refractivity contribution in [3.05, 3.63) is 78.1 Å². The zero-order chi connectivity index (χ0) is 17.8. The molecule has 0 N–H and O–H groups in total. The molecule has 131 valence electrons. The summed E-state index contributed by atoms with van der Waals surface area (Å²) in [6.45, 7) is 4.85. The summed E-state index contributed by atoms with van der Waals surface area (Å²) in [6.07, 6.45) is 3.79. The maximum absolute atomic E-state index is 10.7. The number of carbonyl (C=O) groups excluding carboxylic acids is 1. The molecule has 0 atom stereocenters. The van der Waals surface area contributed by atoms with Gasteiger partial charge in [-0.3, -0.25) is 9.69 Å². The molecular formula is C21H21N4O. The summed E-state index contributed by atoms with van der Waals surface area (Å²) in [6, 6.07) is 20.0. The third-order valence-corrected chi connectivity index (χ3v) is 4.83. The largest absolute Gasteiger partial charge is 0.369 e. The highest BCUT2D eigenvalue weighted by atomic mass is 16.1. The van der Waals surface area contributed by atoms with Crippen LogP contribution in [0.25, 0.3) is 5.69 Å². The zero-order valence-electron chi connectivity index (χ0n) is 14.6. The van der Waals surface area contributed by atoms with Gasteiger partial charge in [-0.1, -0.05) is 18.2 Å². The Morgan fingerprint density at radius 3 is 2.27 bits per heavy atom. The molecule has 5 nitrogen and oxygen atoms in total. The first-order valence-corrected chi connectivity index (χ1v) is 8.87. The van der Waals surface area contributed by atoms with Crippen LogP contribution in [-0.2, 0) is 11.3 Å². The van der Waals surface area contributed by atoms with Gasteiger partial charge in [-0.25, -0.2) is 4.68 Å². The number of anilines is 1. The van der Waals surface area contributed by atoms with Crippen LogP contribution in [0, 0.1) is 0 Å². The van der Waals surface area contributed by atoms with Crippen LogP contribution in [-0.4, -0.2) is 47.1 Å². The summed E-state index contributed by atoms with van der Waals surface area (Å²) in [7, 11) is 0. The molecule has 0 spiro atoms. The number of hydrogen-bond acceptors (Lipinski definition) is 4. The number of hydrogen-bond donors (Lipinski definition) is 0. The van der Waals surface area contributed by atoms with Gasteiger partial charge in [0.05, 0.1) is 11.4 Å². The van der Waals surface area contributed by atoms with Crippen LogP contribution in [0.5, 0.6) is 0 Å². The predicted octanol–water partition coefficient (Wildman–Crippen LogP) is 2.65. The standard InChI is InChI=1S/C21H21N4O/c26-17-18-6-8-19(9-7-18)24-14-12-23(13-15-24)16-21-10-11-22-25(21)20-4-2-1-3-5-20/h1-11H,12-16H2. The Bertz CT molecular complexity index is 849. The zero-order valence-corrected chi connectivity index (χ0v) is 14.6. The molecule has 1 aliphatic heterocycles. The third-order valence-electron chi connectivity index (χ3n) is 4.83. The van der Waals surface area contributed by atoms with Gasteiger partial charge in [-0.05, 0) is 42.5 Å². The fraction of sp³-hybridized carbons (Fsp3) is 0.238. The highest BCUT2D eigenvalue weighted by Gasteiger charge is 2.18. The van der Waals surface area contributed by atoms with E-state index in [1.165, 1.54) is 5.69 Å². The fourth-order valence-electron chi connectivity index (χ4n) is 3.39. The van der Waals surface area contributed by atoms with Crippen molar-refractivity contribution in [3.63, 3.8) is 0 Å². The van der Waals surface area contributed by atoms with E-state index in [0.29, 0.717) is 5.56 Å². The van der Waals surface area contributed by atoms with Gasteiger partial charge in [0.25, 0.3) is 0 Å². The van der Waals surface area contributed by atoms with Crippen molar-refractivity contribution in [2.45, 2.75) is 6.54 Å². The number of piperazine rings is 1. The molecule has 0 amide bonds. The SMILES string of the molecule is O=[C]c1ccc(N2CCN(Cc3ccnn3-c3ccccc3)CC2)cc1.